The van der Waals surface area contributed by atoms with Crippen LogP contribution in [-0.2, 0) is 11.3 Å². The van der Waals surface area contributed by atoms with E-state index in [2.05, 4.69) is 39.8 Å². The van der Waals surface area contributed by atoms with Crippen LogP contribution in [0.5, 0.6) is 0 Å². The molecule has 2 aromatic rings. The Morgan fingerprint density at radius 3 is 2.50 bits per heavy atom. The monoisotopic (exact) mass is 371 g/mol. The van der Waals surface area contributed by atoms with Crippen molar-refractivity contribution >= 4 is 23.2 Å². The summed E-state index contributed by atoms with van der Waals surface area (Å²) in [6.45, 7) is 4.89. The zero-order chi connectivity index (χ0) is 18.4. The second kappa shape index (κ2) is 8.96. The highest BCUT2D eigenvalue weighted by Crippen LogP contribution is 2.15. The number of likely N-dealkylation sites (tertiary alicyclic amines) is 1. The Kier molecular flexibility index (Phi) is 6.41. The number of nitrogens with zero attached hydrogens (tertiary/aromatic N) is 1. The number of thiophene rings is 1. The lowest BCUT2D eigenvalue weighted by molar-refractivity contribution is -0.121. The largest absolute Gasteiger partial charge is 0.352 e. The lowest BCUT2D eigenvalue weighted by atomic mass is 10.0. The van der Waals surface area contributed by atoms with Crippen LogP contribution in [0.3, 0.4) is 0 Å². The van der Waals surface area contributed by atoms with Gasteiger partial charge in [0, 0.05) is 30.6 Å². The fourth-order valence-electron chi connectivity index (χ4n) is 3.16. The molecule has 0 aliphatic carbocycles. The maximum Gasteiger partial charge on any atom is 0.261 e. The van der Waals surface area contributed by atoms with Crippen LogP contribution in [0.15, 0.2) is 42.5 Å². The van der Waals surface area contributed by atoms with Gasteiger partial charge in [-0.25, -0.2) is 0 Å². The van der Waals surface area contributed by atoms with Crippen molar-refractivity contribution in [3.63, 3.8) is 0 Å². The topological polar surface area (TPSA) is 61.4 Å². The molecule has 5 nitrogen and oxygen atoms in total. The van der Waals surface area contributed by atoms with E-state index in [1.54, 1.807) is 6.07 Å². The molecule has 3 rings (SSSR count). The summed E-state index contributed by atoms with van der Waals surface area (Å²) in [6, 6.07) is 14.3. The second-order valence-corrected chi connectivity index (χ2v) is 7.98. The van der Waals surface area contributed by atoms with Gasteiger partial charge in [0.25, 0.3) is 5.91 Å². The van der Waals surface area contributed by atoms with E-state index in [0.29, 0.717) is 4.88 Å². The quantitative estimate of drug-likeness (QED) is 0.820. The summed E-state index contributed by atoms with van der Waals surface area (Å²) >= 11 is 1.43. The molecular formula is C20H25N3O2S. The smallest absolute Gasteiger partial charge is 0.261 e. The summed E-state index contributed by atoms with van der Waals surface area (Å²) in [4.78, 5) is 28.2. The molecule has 1 aromatic heterocycles. The third kappa shape index (κ3) is 5.41. The molecule has 1 aliphatic heterocycles. The molecule has 0 bridgehead atoms. The van der Waals surface area contributed by atoms with Crippen LogP contribution in [0.25, 0.3) is 0 Å². The zero-order valence-corrected chi connectivity index (χ0v) is 15.8. The lowest BCUT2D eigenvalue weighted by Gasteiger charge is -2.32. The molecule has 0 spiro atoms. The molecule has 1 aromatic carbocycles. The summed E-state index contributed by atoms with van der Waals surface area (Å²) in [5.41, 5.74) is 1.32. The summed E-state index contributed by atoms with van der Waals surface area (Å²) < 4.78 is 0. The maximum atomic E-state index is 12.1. The Hall–Kier alpha value is -2.18. The van der Waals surface area contributed by atoms with Crippen LogP contribution < -0.4 is 10.6 Å². The van der Waals surface area contributed by atoms with Crippen molar-refractivity contribution < 1.29 is 9.59 Å². The number of carbonyl (C=O) groups excluding carboxylic acids is 2. The summed E-state index contributed by atoms with van der Waals surface area (Å²) in [5, 5.41) is 5.73. The van der Waals surface area contributed by atoms with Gasteiger partial charge in [0.2, 0.25) is 5.91 Å². The Bertz CT molecular complexity index is 737. The van der Waals surface area contributed by atoms with Gasteiger partial charge in [-0.15, -0.1) is 11.3 Å². The van der Waals surface area contributed by atoms with E-state index >= 15 is 0 Å². The minimum absolute atomic E-state index is 0.0278. The highest BCUT2D eigenvalue weighted by molar-refractivity contribution is 7.13. The molecule has 1 aliphatic rings. The third-order valence-corrected chi connectivity index (χ3v) is 5.57. The molecule has 2 N–H and O–H groups in total. The van der Waals surface area contributed by atoms with Crippen LogP contribution in [0.4, 0.5) is 0 Å². The molecule has 0 atom stereocenters. The summed E-state index contributed by atoms with van der Waals surface area (Å²) in [5.74, 6) is -0.302. The van der Waals surface area contributed by atoms with E-state index < -0.39 is 0 Å². The Morgan fingerprint density at radius 2 is 1.85 bits per heavy atom. The minimum Gasteiger partial charge on any atom is -0.352 e. The van der Waals surface area contributed by atoms with E-state index in [4.69, 9.17) is 0 Å². The average molecular weight is 372 g/mol. The van der Waals surface area contributed by atoms with Crippen LogP contribution in [-0.4, -0.2) is 42.4 Å². The number of carbonyl (C=O) groups is 2. The Morgan fingerprint density at radius 1 is 1.12 bits per heavy atom. The first-order valence-electron chi connectivity index (χ1n) is 9.00. The van der Waals surface area contributed by atoms with Crippen LogP contribution in [0.1, 0.15) is 33.0 Å². The average Bonchev–Trinajstić information content (AvgIpc) is 3.09. The molecule has 0 unspecified atom stereocenters. The van der Waals surface area contributed by atoms with E-state index in [1.807, 2.05) is 19.1 Å². The third-order valence-electron chi connectivity index (χ3n) is 4.58. The fraction of sp³-hybridized carbons (Fsp3) is 0.400. The van der Waals surface area contributed by atoms with Crippen LogP contribution >= 0.6 is 11.3 Å². The normalized spacial score (nSPS) is 15.6. The summed E-state index contributed by atoms with van der Waals surface area (Å²) in [7, 11) is 0. The molecule has 1 saturated heterocycles. The van der Waals surface area contributed by atoms with Crippen molar-refractivity contribution in [3.8, 4) is 0 Å². The van der Waals surface area contributed by atoms with Crippen molar-refractivity contribution in [2.24, 2.45) is 0 Å². The number of aryl methyl sites for hydroxylation is 1. The lowest BCUT2D eigenvalue weighted by Crippen LogP contribution is -2.47. The van der Waals surface area contributed by atoms with Gasteiger partial charge in [0.15, 0.2) is 0 Å². The molecule has 138 valence electrons. The molecule has 1 fully saturated rings. The number of amides is 2. The van der Waals surface area contributed by atoms with Crippen molar-refractivity contribution in [1.82, 2.24) is 15.5 Å². The van der Waals surface area contributed by atoms with Gasteiger partial charge in [-0.2, -0.15) is 0 Å². The standard InChI is InChI=1S/C20H25N3O2S/c1-15-7-8-18(26-15)20(25)21-13-19(24)22-17-9-11-23(12-10-17)14-16-5-3-2-4-6-16/h2-8,17H,9-14H2,1H3,(H,21,25)(H,22,24). The van der Waals surface area contributed by atoms with Gasteiger partial charge in [0.05, 0.1) is 11.4 Å². The number of hydrogen-bond acceptors (Lipinski definition) is 4. The number of rotatable bonds is 6. The van der Waals surface area contributed by atoms with Gasteiger partial charge in [-0.1, -0.05) is 30.3 Å². The van der Waals surface area contributed by atoms with Gasteiger partial charge in [-0.05, 0) is 37.5 Å². The summed E-state index contributed by atoms with van der Waals surface area (Å²) in [6.07, 6.45) is 1.88. The maximum absolute atomic E-state index is 12.1. The molecule has 6 heteroatoms. The van der Waals surface area contributed by atoms with Gasteiger partial charge in [0.1, 0.15) is 0 Å². The van der Waals surface area contributed by atoms with Crippen molar-refractivity contribution in [2.75, 3.05) is 19.6 Å². The second-order valence-electron chi connectivity index (χ2n) is 6.70. The number of piperidine rings is 1. The first kappa shape index (κ1) is 18.6. The molecule has 26 heavy (non-hydrogen) atoms. The van der Waals surface area contributed by atoms with E-state index in [-0.39, 0.29) is 24.4 Å². The first-order chi connectivity index (χ1) is 12.6. The number of hydrogen-bond donors (Lipinski definition) is 2. The van der Waals surface area contributed by atoms with Crippen LogP contribution in [0, 0.1) is 6.92 Å². The van der Waals surface area contributed by atoms with Gasteiger partial charge < -0.3 is 10.6 Å². The zero-order valence-electron chi connectivity index (χ0n) is 15.0. The van der Waals surface area contributed by atoms with Crippen molar-refractivity contribution in [2.45, 2.75) is 32.4 Å². The highest BCUT2D eigenvalue weighted by atomic mass is 32.1. The highest BCUT2D eigenvalue weighted by Gasteiger charge is 2.21. The molecule has 2 heterocycles. The van der Waals surface area contributed by atoms with Gasteiger partial charge >= 0.3 is 0 Å². The van der Waals surface area contributed by atoms with Crippen LogP contribution in [0.2, 0.25) is 0 Å². The first-order valence-corrected chi connectivity index (χ1v) is 9.82. The van der Waals surface area contributed by atoms with Crippen molar-refractivity contribution in [3.05, 3.63) is 57.8 Å². The Balaban J connectivity index is 1.36. The van der Waals surface area contributed by atoms with Gasteiger partial charge in [-0.3, -0.25) is 14.5 Å². The fourth-order valence-corrected chi connectivity index (χ4v) is 3.94. The van der Waals surface area contributed by atoms with E-state index in [0.717, 1.165) is 37.4 Å². The molecular weight excluding hydrogens is 346 g/mol. The molecule has 2 amide bonds. The minimum atomic E-state index is -0.184. The SMILES string of the molecule is Cc1ccc(C(=O)NCC(=O)NC2CCN(Cc3ccccc3)CC2)s1. The predicted octanol–water partition coefficient (Wildman–Crippen LogP) is 2.57. The molecule has 0 radical (unpaired) electrons. The van der Waals surface area contributed by atoms with E-state index in [1.165, 1.54) is 16.9 Å². The Labute approximate surface area is 158 Å². The van der Waals surface area contributed by atoms with Crippen molar-refractivity contribution in [1.29, 1.82) is 0 Å². The number of nitrogens with one attached hydrogen (secondary N) is 2. The molecule has 0 saturated carbocycles. The number of benzene rings is 1. The van der Waals surface area contributed by atoms with E-state index in [9.17, 15) is 9.59 Å². The predicted molar refractivity (Wildman–Crippen MR) is 104 cm³/mol.